The zero-order valence-electron chi connectivity index (χ0n) is 18.1. The Balaban J connectivity index is 1.32. The van der Waals surface area contributed by atoms with E-state index < -0.39 is 0 Å². The summed E-state index contributed by atoms with van der Waals surface area (Å²) in [7, 11) is 0. The summed E-state index contributed by atoms with van der Waals surface area (Å²) in [5.41, 5.74) is 3.51. The molecule has 0 spiro atoms. The largest absolute Gasteiger partial charge is 0.376 e. The minimum atomic E-state index is -0.180. The number of anilines is 2. The first-order valence-electron chi connectivity index (χ1n) is 11.2. The van der Waals surface area contributed by atoms with Gasteiger partial charge >= 0.3 is 0 Å². The number of amides is 2. The quantitative estimate of drug-likeness (QED) is 0.745. The number of hydrogen-bond acceptors (Lipinski definition) is 4. The van der Waals surface area contributed by atoms with Gasteiger partial charge in [0.1, 0.15) is 0 Å². The molecule has 1 atom stereocenters. The Bertz CT molecular complexity index is 898. The predicted octanol–water partition coefficient (Wildman–Crippen LogP) is 3.76. The highest BCUT2D eigenvalue weighted by Gasteiger charge is 2.26. The second-order valence-corrected chi connectivity index (χ2v) is 8.48. The summed E-state index contributed by atoms with van der Waals surface area (Å²) in [6, 6.07) is 15.7. The maximum atomic E-state index is 12.9. The van der Waals surface area contributed by atoms with Crippen molar-refractivity contribution in [2.45, 2.75) is 38.7 Å². The van der Waals surface area contributed by atoms with Crippen LogP contribution in [0.2, 0.25) is 0 Å². The standard InChI is InChI=1S/C25H31N3O3/c1-18-8-10-20(11-9-18)28-14-12-19(13-15-28)24(29)27-23-7-3-2-6-22(23)25(30)26-17-21-5-4-16-31-21/h2-3,6-11,19,21H,4-5,12-17H2,1H3,(H,26,30)(H,27,29). The molecule has 0 aliphatic carbocycles. The van der Waals surface area contributed by atoms with E-state index in [1.165, 1.54) is 11.3 Å². The molecule has 2 amide bonds. The molecular weight excluding hydrogens is 390 g/mol. The van der Waals surface area contributed by atoms with Crippen LogP contribution in [-0.2, 0) is 9.53 Å². The van der Waals surface area contributed by atoms with E-state index in [0.717, 1.165) is 45.4 Å². The minimum Gasteiger partial charge on any atom is -0.376 e. The average molecular weight is 422 g/mol. The third kappa shape index (κ3) is 5.44. The molecule has 31 heavy (non-hydrogen) atoms. The van der Waals surface area contributed by atoms with Gasteiger partial charge in [-0.25, -0.2) is 0 Å². The number of rotatable bonds is 6. The first-order chi connectivity index (χ1) is 15.1. The topological polar surface area (TPSA) is 70.7 Å². The lowest BCUT2D eigenvalue weighted by Gasteiger charge is -2.33. The van der Waals surface area contributed by atoms with Crippen LogP contribution in [0.25, 0.3) is 0 Å². The van der Waals surface area contributed by atoms with Gasteiger partial charge in [0.05, 0.1) is 17.4 Å². The van der Waals surface area contributed by atoms with E-state index in [4.69, 9.17) is 4.74 Å². The number of carbonyl (C=O) groups excluding carboxylic acids is 2. The smallest absolute Gasteiger partial charge is 0.253 e. The molecule has 0 aromatic heterocycles. The maximum absolute atomic E-state index is 12.9. The SMILES string of the molecule is Cc1ccc(N2CCC(C(=O)Nc3ccccc3C(=O)NCC3CCCO3)CC2)cc1. The van der Waals surface area contributed by atoms with Crippen molar-refractivity contribution in [2.75, 3.05) is 36.5 Å². The van der Waals surface area contributed by atoms with Crippen molar-refractivity contribution in [2.24, 2.45) is 5.92 Å². The van der Waals surface area contributed by atoms with Crippen LogP contribution in [0, 0.1) is 12.8 Å². The highest BCUT2D eigenvalue weighted by atomic mass is 16.5. The molecule has 1 unspecified atom stereocenters. The summed E-state index contributed by atoms with van der Waals surface area (Å²) in [6.07, 6.45) is 3.69. The lowest BCUT2D eigenvalue weighted by atomic mass is 9.95. The Hall–Kier alpha value is -2.86. The molecule has 0 saturated carbocycles. The molecule has 164 valence electrons. The van der Waals surface area contributed by atoms with Crippen LogP contribution >= 0.6 is 0 Å². The number of aryl methyl sites for hydroxylation is 1. The Morgan fingerprint density at radius 3 is 2.48 bits per heavy atom. The van der Waals surface area contributed by atoms with Gasteiger partial charge in [0.2, 0.25) is 5.91 Å². The molecule has 2 N–H and O–H groups in total. The van der Waals surface area contributed by atoms with E-state index in [0.29, 0.717) is 17.8 Å². The number of para-hydroxylation sites is 1. The molecule has 2 heterocycles. The van der Waals surface area contributed by atoms with E-state index in [1.54, 1.807) is 12.1 Å². The summed E-state index contributed by atoms with van der Waals surface area (Å²) in [5.74, 6) is -0.242. The van der Waals surface area contributed by atoms with Crippen molar-refractivity contribution in [3.05, 3.63) is 59.7 Å². The third-order valence-electron chi connectivity index (χ3n) is 6.21. The zero-order chi connectivity index (χ0) is 21.6. The molecular formula is C25H31N3O3. The van der Waals surface area contributed by atoms with E-state index in [2.05, 4.69) is 46.7 Å². The lowest BCUT2D eigenvalue weighted by Crippen LogP contribution is -2.38. The van der Waals surface area contributed by atoms with Crippen molar-refractivity contribution >= 4 is 23.2 Å². The molecule has 0 bridgehead atoms. The number of nitrogens with one attached hydrogen (secondary N) is 2. The van der Waals surface area contributed by atoms with Crippen molar-refractivity contribution < 1.29 is 14.3 Å². The van der Waals surface area contributed by atoms with Crippen LogP contribution < -0.4 is 15.5 Å². The van der Waals surface area contributed by atoms with E-state index in [-0.39, 0.29) is 23.8 Å². The van der Waals surface area contributed by atoms with Gasteiger partial charge in [-0.2, -0.15) is 0 Å². The van der Waals surface area contributed by atoms with Gasteiger partial charge in [-0.1, -0.05) is 29.8 Å². The third-order valence-corrected chi connectivity index (χ3v) is 6.21. The number of ether oxygens (including phenoxy) is 1. The Morgan fingerprint density at radius 1 is 1.03 bits per heavy atom. The van der Waals surface area contributed by atoms with Gasteiger partial charge < -0.3 is 20.3 Å². The highest BCUT2D eigenvalue weighted by molar-refractivity contribution is 6.04. The molecule has 4 rings (SSSR count). The van der Waals surface area contributed by atoms with Crippen LogP contribution in [-0.4, -0.2) is 44.2 Å². The van der Waals surface area contributed by atoms with Crippen molar-refractivity contribution in [1.82, 2.24) is 5.32 Å². The summed E-state index contributed by atoms with van der Waals surface area (Å²) >= 11 is 0. The zero-order valence-corrected chi connectivity index (χ0v) is 18.1. The molecule has 0 radical (unpaired) electrons. The van der Waals surface area contributed by atoms with Gasteiger partial charge in [-0.15, -0.1) is 0 Å². The first-order valence-corrected chi connectivity index (χ1v) is 11.2. The maximum Gasteiger partial charge on any atom is 0.253 e. The summed E-state index contributed by atoms with van der Waals surface area (Å²) in [4.78, 5) is 27.9. The molecule has 6 heteroatoms. The van der Waals surface area contributed by atoms with Crippen LogP contribution in [0.3, 0.4) is 0 Å². The summed E-state index contributed by atoms with van der Waals surface area (Å²) < 4.78 is 5.57. The molecule has 2 fully saturated rings. The first kappa shape index (κ1) is 21.4. The van der Waals surface area contributed by atoms with E-state index in [1.807, 2.05) is 12.1 Å². The second-order valence-electron chi connectivity index (χ2n) is 8.48. The fraction of sp³-hybridized carbons (Fsp3) is 0.440. The molecule has 6 nitrogen and oxygen atoms in total. The second kappa shape index (κ2) is 9.96. The fourth-order valence-electron chi connectivity index (χ4n) is 4.29. The van der Waals surface area contributed by atoms with Crippen molar-refractivity contribution in [3.8, 4) is 0 Å². The molecule has 2 aromatic rings. The normalized spacial score (nSPS) is 19.3. The summed E-state index contributed by atoms with van der Waals surface area (Å²) in [5, 5.41) is 5.94. The minimum absolute atomic E-state index is 0.0112. The van der Waals surface area contributed by atoms with Gasteiger partial charge in [0, 0.05) is 37.8 Å². The molecule has 2 aliphatic rings. The predicted molar refractivity (Wildman–Crippen MR) is 122 cm³/mol. The van der Waals surface area contributed by atoms with Gasteiger partial charge in [-0.3, -0.25) is 9.59 Å². The van der Waals surface area contributed by atoms with Gasteiger partial charge in [-0.05, 0) is 56.9 Å². The Labute approximate surface area is 184 Å². The summed E-state index contributed by atoms with van der Waals surface area (Å²) in [6.45, 7) is 5.05. The number of piperidine rings is 1. The highest BCUT2D eigenvalue weighted by Crippen LogP contribution is 2.25. The Kier molecular flexibility index (Phi) is 6.87. The van der Waals surface area contributed by atoms with Crippen molar-refractivity contribution in [3.63, 3.8) is 0 Å². The average Bonchev–Trinajstić information content (AvgIpc) is 3.32. The van der Waals surface area contributed by atoms with E-state index in [9.17, 15) is 9.59 Å². The number of benzene rings is 2. The van der Waals surface area contributed by atoms with Gasteiger partial charge in [0.15, 0.2) is 0 Å². The monoisotopic (exact) mass is 421 g/mol. The van der Waals surface area contributed by atoms with Crippen LogP contribution in [0.15, 0.2) is 48.5 Å². The Morgan fingerprint density at radius 2 is 1.77 bits per heavy atom. The molecule has 2 saturated heterocycles. The van der Waals surface area contributed by atoms with Crippen LogP contribution in [0.5, 0.6) is 0 Å². The fourth-order valence-corrected chi connectivity index (χ4v) is 4.29. The van der Waals surface area contributed by atoms with Crippen LogP contribution in [0.1, 0.15) is 41.6 Å². The van der Waals surface area contributed by atoms with Crippen molar-refractivity contribution in [1.29, 1.82) is 0 Å². The van der Waals surface area contributed by atoms with Gasteiger partial charge in [0.25, 0.3) is 5.91 Å². The lowest BCUT2D eigenvalue weighted by molar-refractivity contribution is -0.120. The van der Waals surface area contributed by atoms with E-state index >= 15 is 0 Å². The number of carbonyl (C=O) groups is 2. The molecule has 2 aromatic carbocycles. The number of hydrogen-bond donors (Lipinski definition) is 2. The molecule has 2 aliphatic heterocycles. The van der Waals surface area contributed by atoms with Crippen LogP contribution in [0.4, 0.5) is 11.4 Å². The number of nitrogens with zero attached hydrogens (tertiary/aromatic N) is 1.